The highest BCUT2D eigenvalue weighted by atomic mass is 35.5. The zero-order chi connectivity index (χ0) is 42.6. The number of carbonyl (C=O) groups excluding carboxylic acids is 1. The summed E-state index contributed by atoms with van der Waals surface area (Å²) >= 11 is 5.84. The van der Waals surface area contributed by atoms with E-state index in [0.717, 1.165) is 67.5 Å². The standard InChI is InChI=1S/C39H47ClN6O10S2/c1-45(19-16-40)26-9-6-24(7-10-26)23-43-17-4-20-46(2,3)21-5-18-44-38(47)25-8-11-27(30(22-25)39(48)49)33-28-12-14-31(41)36(57(50,51)52)34(28)56-35-29(33)13-15-32(42)37(35)58(53,54)55/h6-15,22,34,36,43H,4-5,16-21,23H2,1-3H3,(H6-,41,42,44,47,48,49,50,51,52,53,54,55)/p+1. The van der Waals surface area contributed by atoms with Crippen LogP contribution in [0.15, 0.2) is 77.2 Å². The molecule has 2 unspecified atom stereocenters. The molecule has 1 aliphatic heterocycles. The van der Waals surface area contributed by atoms with Gasteiger partial charge < -0.3 is 41.0 Å². The summed E-state index contributed by atoms with van der Waals surface area (Å²) in [4.78, 5) is 27.2. The number of ether oxygens (including phenoxy) is 1. The van der Waals surface area contributed by atoms with E-state index in [1.807, 2.05) is 7.05 Å². The second-order valence-corrected chi connectivity index (χ2v) is 18.1. The van der Waals surface area contributed by atoms with E-state index in [-0.39, 0.29) is 27.8 Å². The number of nitrogens with one attached hydrogen (secondary N) is 3. The van der Waals surface area contributed by atoms with Gasteiger partial charge in [-0.3, -0.25) is 13.9 Å². The summed E-state index contributed by atoms with van der Waals surface area (Å²) in [6, 6.07) is 14.6. The van der Waals surface area contributed by atoms with Gasteiger partial charge in [-0.15, -0.1) is 11.6 Å². The Bertz CT molecular complexity index is 2370. The molecule has 0 radical (unpaired) electrons. The fourth-order valence-electron chi connectivity index (χ4n) is 7.10. The lowest BCUT2D eigenvalue weighted by molar-refractivity contribution is -0.890. The van der Waals surface area contributed by atoms with Crippen molar-refractivity contribution >= 4 is 66.4 Å². The molecule has 3 aromatic rings. The Labute approximate surface area is 342 Å². The summed E-state index contributed by atoms with van der Waals surface area (Å²) in [6.45, 7) is 4.35. The molecule has 1 amide bonds. The van der Waals surface area contributed by atoms with Gasteiger partial charge in [0.05, 0.1) is 44.1 Å². The second-order valence-electron chi connectivity index (χ2n) is 14.8. The van der Waals surface area contributed by atoms with Crippen LogP contribution in [-0.2, 0) is 26.8 Å². The number of allylic oxidation sites excluding steroid dienone is 1. The number of carboxylic acids is 1. The Hall–Kier alpha value is -4.82. The highest BCUT2D eigenvalue weighted by Gasteiger charge is 2.46. The third-order valence-electron chi connectivity index (χ3n) is 10.1. The van der Waals surface area contributed by atoms with Crippen LogP contribution >= 0.6 is 11.6 Å². The first-order valence-corrected chi connectivity index (χ1v) is 21.8. The lowest BCUT2D eigenvalue weighted by Gasteiger charge is -2.36. The number of amides is 1. The summed E-state index contributed by atoms with van der Waals surface area (Å²) in [5.74, 6) is -2.05. The van der Waals surface area contributed by atoms with Crippen LogP contribution in [0.25, 0.3) is 5.57 Å². The van der Waals surface area contributed by atoms with Gasteiger partial charge in [0, 0.05) is 79.9 Å². The lowest BCUT2D eigenvalue weighted by atomic mass is 9.81. The van der Waals surface area contributed by atoms with E-state index in [1.54, 1.807) is 0 Å². The summed E-state index contributed by atoms with van der Waals surface area (Å²) in [6.07, 6.45) is 2.21. The van der Waals surface area contributed by atoms with E-state index in [0.29, 0.717) is 18.8 Å². The van der Waals surface area contributed by atoms with Gasteiger partial charge in [-0.1, -0.05) is 24.3 Å². The maximum atomic E-state index is 13.3. The van der Waals surface area contributed by atoms with Gasteiger partial charge in [0.15, 0.2) is 15.9 Å². The van der Waals surface area contributed by atoms with Crippen molar-refractivity contribution in [3.8, 4) is 5.75 Å². The molecule has 312 valence electrons. The first kappa shape index (κ1) is 44.3. The molecular weight excluding hydrogens is 812 g/mol. The number of nitrogens with two attached hydrogens (primary N) is 1. The molecule has 0 aromatic heterocycles. The molecule has 16 nitrogen and oxygen atoms in total. The van der Waals surface area contributed by atoms with Gasteiger partial charge in [-0.2, -0.15) is 16.8 Å². The van der Waals surface area contributed by atoms with Crippen molar-refractivity contribution in [2.45, 2.75) is 35.6 Å². The van der Waals surface area contributed by atoms with Crippen molar-refractivity contribution in [2.75, 3.05) is 70.4 Å². The largest absolute Gasteiger partial charge is 0.482 e. The molecule has 1 heterocycles. The van der Waals surface area contributed by atoms with Crippen LogP contribution in [0, 0.1) is 5.41 Å². The van der Waals surface area contributed by atoms with E-state index in [4.69, 9.17) is 27.5 Å². The number of rotatable bonds is 18. The molecule has 2 atom stereocenters. The highest BCUT2D eigenvalue weighted by Crippen LogP contribution is 2.48. The topological polar surface area (TPSA) is 250 Å². The fraction of sp³-hybridized carbons (Fsp3) is 0.359. The minimum absolute atomic E-state index is 0.00887. The van der Waals surface area contributed by atoms with Crippen molar-refractivity contribution in [1.82, 2.24) is 10.6 Å². The van der Waals surface area contributed by atoms with Crippen LogP contribution in [0.5, 0.6) is 5.75 Å². The maximum Gasteiger partial charge on any atom is 0.336 e. The predicted octanol–water partition coefficient (Wildman–Crippen LogP) is 3.67. The van der Waals surface area contributed by atoms with E-state index >= 15 is 0 Å². The molecule has 3 aromatic carbocycles. The van der Waals surface area contributed by atoms with Gasteiger partial charge in [-0.25, -0.2) is 4.79 Å². The number of carbonyl (C=O) groups is 2. The molecule has 19 heteroatoms. The number of benzene rings is 3. The smallest absolute Gasteiger partial charge is 0.336 e. The van der Waals surface area contributed by atoms with E-state index < -0.39 is 71.1 Å². The van der Waals surface area contributed by atoms with Crippen molar-refractivity contribution < 1.29 is 49.9 Å². The zero-order valence-corrected chi connectivity index (χ0v) is 34.6. The number of nitrogen functional groups attached to an aromatic ring is 1. The number of carboxylic acid groups (broad SMARTS) is 1. The molecule has 2 aliphatic rings. The van der Waals surface area contributed by atoms with Crippen LogP contribution in [-0.4, -0.2) is 124 Å². The number of alkyl halides is 1. The molecule has 58 heavy (non-hydrogen) atoms. The zero-order valence-electron chi connectivity index (χ0n) is 32.2. The minimum atomic E-state index is -5.10. The summed E-state index contributed by atoms with van der Waals surface area (Å²) in [5, 5.41) is 22.9. The van der Waals surface area contributed by atoms with Crippen LogP contribution in [0.4, 0.5) is 11.4 Å². The van der Waals surface area contributed by atoms with E-state index in [2.05, 4.69) is 53.9 Å². The number of hydrogen-bond acceptors (Lipinski definition) is 11. The molecular formula is C39H48ClN6O10S2+. The molecule has 8 N–H and O–H groups in total. The normalized spacial score (nSPS) is 16.7. The summed E-state index contributed by atoms with van der Waals surface area (Å²) < 4.78 is 76.7. The molecule has 0 fully saturated rings. The number of aromatic carboxylic acids is 1. The highest BCUT2D eigenvalue weighted by molar-refractivity contribution is 7.87. The van der Waals surface area contributed by atoms with Crippen LogP contribution in [0.1, 0.15) is 50.2 Å². The van der Waals surface area contributed by atoms with Crippen molar-refractivity contribution in [1.29, 1.82) is 5.41 Å². The quantitative estimate of drug-likeness (QED) is 0.0318. The van der Waals surface area contributed by atoms with Gasteiger partial charge in [0.2, 0.25) is 0 Å². The third-order valence-corrected chi connectivity index (χ3v) is 12.4. The number of anilines is 2. The molecule has 0 spiro atoms. The first-order chi connectivity index (χ1) is 27.2. The van der Waals surface area contributed by atoms with Gasteiger partial charge in [0.25, 0.3) is 26.1 Å². The number of nitrogens with zero attached hydrogens (tertiary/aromatic N) is 2. The van der Waals surface area contributed by atoms with Crippen LogP contribution < -0.4 is 26.0 Å². The SMILES string of the molecule is CN(CCCl)c1ccc(CNCCC[N+](C)(C)CCCNC(=O)c2ccc(C3=C4C=CC(=N)C(S(=O)(=O)O)C4Oc4c3ccc(N)c4S(=O)(=O)O)c(C(=O)O)c2)cc1. The Morgan fingerprint density at radius 2 is 1.62 bits per heavy atom. The molecule has 5 rings (SSSR count). The molecule has 1 aliphatic carbocycles. The molecule has 0 saturated heterocycles. The molecule has 0 saturated carbocycles. The summed E-state index contributed by atoms with van der Waals surface area (Å²) in [7, 11) is -3.93. The average molecular weight is 860 g/mol. The van der Waals surface area contributed by atoms with Gasteiger partial charge in [-0.05, 0) is 53.6 Å². The fourth-order valence-corrected chi connectivity index (χ4v) is 9.02. The Morgan fingerprint density at radius 1 is 0.966 bits per heavy atom. The van der Waals surface area contributed by atoms with E-state index in [9.17, 15) is 40.6 Å². The van der Waals surface area contributed by atoms with Gasteiger partial charge >= 0.3 is 5.97 Å². The average Bonchev–Trinajstić information content (AvgIpc) is 3.14. The Balaban J connectivity index is 1.27. The number of fused-ring (bicyclic) bond motifs is 2. The third kappa shape index (κ3) is 10.2. The van der Waals surface area contributed by atoms with Crippen molar-refractivity contribution in [3.63, 3.8) is 0 Å². The number of hydrogen-bond donors (Lipinski definition) is 7. The van der Waals surface area contributed by atoms with Gasteiger partial charge in [0.1, 0.15) is 6.10 Å². The van der Waals surface area contributed by atoms with Crippen LogP contribution in [0.3, 0.4) is 0 Å². The lowest BCUT2D eigenvalue weighted by Crippen LogP contribution is -2.47. The van der Waals surface area contributed by atoms with Crippen molar-refractivity contribution in [2.24, 2.45) is 0 Å². The molecule has 0 bridgehead atoms. The minimum Gasteiger partial charge on any atom is -0.482 e. The monoisotopic (exact) mass is 859 g/mol. The van der Waals surface area contributed by atoms with Crippen LogP contribution in [0.2, 0.25) is 0 Å². The first-order valence-electron chi connectivity index (χ1n) is 18.3. The predicted molar refractivity (Wildman–Crippen MR) is 222 cm³/mol. The number of quaternary nitrogens is 1. The summed E-state index contributed by atoms with van der Waals surface area (Å²) in [5.41, 5.74) is 6.58. The Morgan fingerprint density at radius 3 is 2.24 bits per heavy atom. The number of halogens is 1. The maximum absolute atomic E-state index is 13.3. The van der Waals surface area contributed by atoms with Crippen molar-refractivity contribution in [3.05, 3.63) is 100 Å². The van der Waals surface area contributed by atoms with E-state index in [1.165, 1.54) is 29.8 Å². The second kappa shape index (κ2) is 18.0. The Kier molecular flexibility index (Phi) is 13.7.